The van der Waals surface area contributed by atoms with Crippen LogP contribution in [0.1, 0.15) is 11.4 Å². The number of benzene rings is 1. The minimum atomic E-state index is -0.373. The molecule has 0 bridgehead atoms. The summed E-state index contributed by atoms with van der Waals surface area (Å²) < 4.78 is 1.84. The molecule has 1 aromatic heterocycles. The van der Waals surface area contributed by atoms with Crippen LogP contribution in [0.2, 0.25) is 0 Å². The highest BCUT2D eigenvalue weighted by Gasteiger charge is 2.12. The number of aryl methyl sites for hydroxylation is 2. The summed E-state index contributed by atoms with van der Waals surface area (Å²) in [5.74, 6) is 0.908. The van der Waals surface area contributed by atoms with Gasteiger partial charge in [-0.05, 0) is 18.6 Å². The van der Waals surface area contributed by atoms with Crippen LogP contribution in [0.15, 0.2) is 18.2 Å². The molecule has 0 aliphatic rings. The lowest BCUT2D eigenvalue weighted by molar-refractivity contribution is -0.118. The van der Waals surface area contributed by atoms with E-state index in [0.29, 0.717) is 12.3 Å². The van der Waals surface area contributed by atoms with E-state index in [1.165, 1.54) is 0 Å². The number of alkyl halides is 1. The van der Waals surface area contributed by atoms with E-state index >= 15 is 0 Å². The Kier molecular flexibility index (Phi) is 3.33. The molecule has 5 heteroatoms. The number of carbonyl (C=O) groups excluding carboxylic acids is 1. The van der Waals surface area contributed by atoms with E-state index in [4.69, 9.17) is 17.3 Å². The van der Waals surface area contributed by atoms with Crippen LogP contribution in [0, 0.1) is 6.92 Å². The Labute approximate surface area is 104 Å². The molecule has 0 spiro atoms. The largest absolute Gasteiger partial charge is 0.368 e. The molecule has 0 saturated heterocycles. The van der Waals surface area contributed by atoms with Crippen molar-refractivity contribution in [1.29, 1.82) is 0 Å². The van der Waals surface area contributed by atoms with Crippen molar-refractivity contribution < 1.29 is 4.79 Å². The fourth-order valence-electron chi connectivity index (χ4n) is 1.94. The van der Waals surface area contributed by atoms with Crippen LogP contribution in [-0.2, 0) is 17.8 Å². The molecule has 1 amide bonds. The molecule has 0 fully saturated rings. The first-order chi connectivity index (χ1) is 8.13. The summed E-state index contributed by atoms with van der Waals surface area (Å²) in [5, 5.41) is 0. The maximum Gasteiger partial charge on any atom is 0.237 e. The number of carbonyl (C=O) groups is 1. The van der Waals surface area contributed by atoms with E-state index in [-0.39, 0.29) is 12.5 Å². The van der Waals surface area contributed by atoms with Gasteiger partial charge in [-0.25, -0.2) is 4.98 Å². The second kappa shape index (κ2) is 4.75. The Morgan fingerprint density at radius 3 is 2.94 bits per heavy atom. The van der Waals surface area contributed by atoms with Gasteiger partial charge < -0.3 is 10.3 Å². The number of nitrogens with zero attached hydrogens (tertiary/aromatic N) is 2. The number of hydrogen-bond donors (Lipinski definition) is 1. The number of para-hydroxylation sites is 1. The van der Waals surface area contributed by atoms with Crippen molar-refractivity contribution >= 4 is 28.5 Å². The number of imidazole rings is 1. The van der Waals surface area contributed by atoms with Crippen LogP contribution in [0.5, 0.6) is 0 Å². The van der Waals surface area contributed by atoms with Gasteiger partial charge in [-0.1, -0.05) is 12.1 Å². The first kappa shape index (κ1) is 11.9. The molecule has 1 aromatic carbocycles. The lowest BCUT2D eigenvalue weighted by Crippen LogP contribution is -2.20. The molecule has 17 heavy (non-hydrogen) atoms. The second-order valence-corrected chi connectivity index (χ2v) is 4.34. The standard InChI is InChI=1S/C12H14ClN3O/c1-8-3-2-4-9-12(8)15-11(5-6-13)16(9)7-10(14)17/h2-4H,5-7H2,1H3,(H2,14,17). The number of rotatable bonds is 4. The summed E-state index contributed by atoms with van der Waals surface area (Å²) in [6, 6.07) is 5.88. The zero-order chi connectivity index (χ0) is 12.4. The molecule has 0 aliphatic heterocycles. The van der Waals surface area contributed by atoms with Gasteiger partial charge in [0.15, 0.2) is 0 Å². The molecule has 0 saturated carbocycles. The van der Waals surface area contributed by atoms with Crippen LogP contribution in [0.25, 0.3) is 11.0 Å². The van der Waals surface area contributed by atoms with Crippen molar-refractivity contribution in [2.75, 3.05) is 5.88 Å². The zero-order valence-corrected chi connectivity index (χ0v) is 10.4. The second-order valence-electron chi connectivity index (χ2n) is 3.96. The summed E-state index contributed by atoms with van der Waals surface area (Å²) in [6.45, 7) is 2.14. The first-order valence-electron chi connectivity index (χ1n) is 5.42. The Balaban J connectivity index is 2.62. The van der Waals surface area contributed by atoms with Crippen LogP contribution in [0.4, 0.5) is 0 Å². The molecule has 4 nitrogen and oxygen atoms in total. The molecule has 0 radical (unpaired) electrons. The number of nitrogens with two attached hydrogens (primary N) is 1. The molecule has 2 rings (SSSR count). The minimum absolute atomic E-state index is 0.145. The smallest absolute Gasteiger partial charge is 0.237 e. The predicted octanol–water partition coefficient (Wildman–Crippen LogP) is 1.61. The van der Waals surface area contributed by atoms with Gasteiger partial charge in [0.2, 0.25) is 5.91 Å². The molecule has 0 atom stereocenters. The van der Waals surface area contributed by atoms with E-state index in [1.807, 2.05) is 29.7 Å². The zero-order valence-electron chi connectivity index (χ0n) is 9.61. The third kappa shape index (κ3) is 2.26. The summed E-state index contributed by atoms with van der Waals surface area (Å²) >= 11 is 5.74. The maximum atomic E-state index is 11.1. The molecular formula is C12H14ClN3O. The molecule has 0 unspecified atom stereocenters. The van der Waals surface area contributed by atoms with E-state index in [1.54, 1.807) is 0 Å². The number of primary amides is 1. The van der Waals surface area contributed by atoms with E-state index in [9.17, 15) is 4.79 Å². The van der Waals surface area contributed by atoms with Crippen LogP contribution in [-0.4, -0.2) is 21.3 Å². The van der Waals surface area contributed by atoms with Gasteiger partial charge in [0.05, 0.1) is 11.0 Å². The van der Waals surface area contributed by atoms with Crippen molar-refractivity contribution in [3.05, 3.63) is 29.6 Å². The Morgan fingerprint density at radius 1 is 1.53 bits per heavy atom. The fraction of sp³-hybridized carbons (Fsp3) is 0.333. The third-order valence-electron chi connectivity index (χ3n) is 2.69. The summed E-state index contributed by atoms with van der Waals surface area (Å²) in [4.78, 5) is 15.6. The maximum absolute atomic E-state index is 11.1. The number of amides is 1. The predicted molar refractivity (Wildman–Crippen MR) is 68.1 cm³/mol. The average molecular weight is 252 g/mol. The first-order valence-corrected chi connectivity index (χ1v) is 5.96. The number of aromatic nitrogens is 2. The van der Waals surface area contributed by atoms with Crippen molar-refractivity contribution in [2.45, 2.75) is 19.9 Å². The van der Waals surface area contributed by atoms with Crippen molar-refractivity contribution in [3.8, 4) is 0 Å². The van der Waals surface area contributed by atoms with Gasteiger partial charge in [0, 0.05) is 12.3 Å². The molecular weight excluding hydrogens is 238 g/mol. The quantitative estimate of drug-likeness (QED) is 0.840. The van der Waals surface area contributed by atoms with Gasteiger partial charge in [-0.3, -0.25) is 4.79 Å². The number of hydrogen-bond acceptors (Lipinski definition) is 2. The van der Waals surface area contributed by atoms with E-state index < -0.39 is 0 Å². The molecule has 2 N–H and O–H groups in total. The van der Waals surface area contributed by atoms with Gasteiger partial charge in [0.25, 0.3) is 0 Å². The highest BCUT2D eigenvalue weighted by molar-refractivity contribution is 6.17. The van der Waals surface area contributed by atoms with Crippen LogP contribution < -0.4 is 5.73 Å². The Hall–Kier alpha value is -1.55. The lowest BCUT2D eigenvalue weighted by Gasteiger charge is -2.05. The third-order valence-corrected chi connectivity index (χ3v) is 2.88. The van der Waals surface area contributed by atoms with Gasteiger partial charge >= 0.3 is 0 Å². The highest BCUT2D eigenvalue weighted by atomic mass is 35.5. The Morgan fingerprint density at radius 2 is 2.29 bits per heavy atom. The van der Waals surface area contributed by atoms with E-state index in [0.717, 1.165) is 22.4 Å². The van der Waals surface area contributed by atoms with Crippen LogP contribution >= 0.6 is 11.6 Å². The van der Waals surface area contributed by atoms with Gasteiger partial charge in [-0.15, -0.1) is 11.6 Å². The summed E-state index contributed by atoms with van der Waals surface area (Å²) in [7, 11) is 0. The molecule has 2 aromatic rings. The van der Waals surface area contributed by atoms with Crippen molar-refractivity contribution in [2.24, 2.45) is 5.73 Å². The average Bonchev–Trinajstić information content (AvgIpc) is 2.59. The minimum Gasteiger partial charge on any atom is -0.368 e. The molecule has 1 heterocycles. The normalized spacial score (nSPS) is 10.9. The van der Waals surface area contributed by atoms with Crippen molar-refractivity contribution in [3.63, 3.8) is 0 Å². The SMILES string of the molecule is Cc1cccc2c1nc(CCCl)n2CC(N)=O. The number of halogens is 1. The Bertz CT molecular complexity index is 562. The van der Waals surface area contributed by atoms with Crippen LogP contribution in [0.3, 0.4) is 0 Å². The van der Waals surface area contributed by atoms with E-state index in [2.05, 4.69) is 4.98 Å². The number of fused-ring (bicyclic) bond motifs is 1. The summed E-state index contributed by atoms with van der Waals surface area (Å²) in [6.07, 6.45) is 0.628. The molecule has 90 valence electrons. The fourth-order valence-corrected chi connectivity index (χ4v) is 2.11. The monoisotopic (exact) mass is 251 g/mol. The molecule has 0 aliphatic carbocycles. The topological polar surface area (TPSA) is 60.9 Å². The van der Waals surface area contributed by atoms with Gasteiger partial charge in [-0.2, -0.15) is 0 Å². The summed E-state index contributed by atoms with van der Waals surface area (Å²) in [5.41, 5.74) is 8.19. The van der Waals surface area contributed by atoms with Crippen molar-refractivity contribution in [1.82, 2.24) is 9.55 Å². The lowest BCUT2D eigenvalue weighted by atomic mass is 10.2. The highest BCUT2D eigenvalue weighted by Crippen LogP contribution is 2.20. The van der Waals surface area contributed by atoms with Gasteiger partial charge in [0.1, 0.15) is 12.4 Å².